The van der Waals surface area contributed by atoms with Crippen molar-refractivity contribution < 1.29 is 18.0 Å². The van der Waals surface area contributed by atoms with Crippen LogP contribution in [0.3, 0.4) is 0 Å². The first-order valence-corrected chi connectivity index (χ1v) is 6.92. The van der Waals surface area contributed by atoms with Crippen molar-refractivity contribution in [2.24, 2.45) is 7.05 Å². The second-order valence-electron chi connectivity index (χ2n) is 4.93. The van der Waals surface area contributed by atoms with E-state index in [0.717, 1.165) is 12.1 Å². The van der Waals surface area contributed by atoms with E-state index in [1.54, 1.807) is 7.05 Å². The zero-order chi connectivity index (χ0) is 17.2. The third-order valence-electron chi connectivity index (χ3n) is 3.19. The molecule has 0 saturated carbocycles. The Morgan fingerprint density at radius 1 is 1.43 bits per heavy atom. The first kappa shape index (κ1) is 17.1. The number of aryl methyl sites for hydroxylation is 1. The van der Waals surface area contributed by atoms with Crippen molar-refractivity contribution in [2.45, 2.75) is 12.7 Å². The summed E-state index contributed by atoms with van der Waals surface area (Å²) < 4.78 is 39.5. The molecule has 23 heavy (non-hydrogen) atoms. The summed E-state index contributed by atoms with van der Waals surface area (Å²) in [5, 5.41) is 6.78. The van der Waals surface area contributed by atoms with Gasteiger partial charge in [0.25, 0.3) is 0 Å². The number of hydrogen-bond acceptors (Lipinski definition) is 2. The number of alkyl halides is 3. The Balaban J connectivity index is 2.07. The molecule has 124 valence electrons. The molecule has 1 aromatic carbocycles. The molecule has 0 spiro atoms. The first-order chi connectivity index (χ1) is 10.7. The van der Waals surface area contributed by atoms with Crippen LogP contribution in [0.2, 0.25) is 5.02 Å². The normalized spacial score (nSPS) is 11.4. The number of amides is 2. The average Bonchev–Trinajstić information content (AvgIpc) is 2.78. The summed E-state index contributed by atoms with van der Waals surface area (Å²) in [7, 11) is 3.19. The number of carbonyl (C=O) groups is 1. The Morgan fingerprint density at radius 2 is 2.13 bits per heavy atom. The maximum absolute atomic E-state index is 12.7. The lowest BCUT2D eigenvalue weighted by atomic mass is 10.2. The largest absolute Gasteiger partial charge is 0.416 e. The summed E-state index contributed by atoms with van der Waals surface area (Å²) in [4.78, 5) is 13.4. The molecule has 1 heterocycles. The zero-order valence-corrected chi connectivity index (χ0v) is 13.1. The van der Waals surface area contributed by atoms with E-state index >= 15 is 0 Å². The van der Waals surface area contributed by atoms with Crippen LogP contribution < -0.4 is 5.32 Å². The minimum Gasteiger partial charge on any atom is -0.322 e. The zero-order valence-electron chi connectivity index (χ0n) is 12.4. The maximum atomic E-state index is 12.7. The maximum Gasteiger partial charge on any atom is 0.416 e. The minimum atomic E-state index is -4.46. The van der Waals surface area contributed by atoms with Gasteiger partial charge in [0.15, 0.2) is 0 Å². The highest BCUT2D eigenvalue weighted by atomic mass is 35.5. The van der Waals surface area contributed by atoms with Crippen LogP contribution in [-0.2, 0) is 19.8 Å². The van der Waals surface area contributed by atoms with Crippen LogP contribution in [0.4, 0.5) is 23.7 Å². The molecule has 1 aromatic heterocycles. The molecule has 1 N–H and O–H groups in total. The lowest BCUT2D eigenvalue weighted by Crippen LogP contribution is -2.31. The van der Waals surface area contributed by atoms with Gasteiger partial charge in [-0.25, -0.2) is 4.79 Å². The van der Waals surface area contributed by atoms with Crippen molar-refractivity contribution in [2.75, 3.05) is 12.4 Å². The molecular formula is C14H14ClF3N4O. The third kappa shape index (κ3) is 4.16. The molecule has 2 rings (SSSR count). The number of halogens is 4. The van der Waals surface area contributed by atoms with Gasteiger partial charge in [-0.3, -0.25) is 4.68 Å². The SMILES string of the molecule is CN(Cc1c(Cl)cnn1C)C(=O)Nc1cccc(C(F)(F)F)c1. The average molecular weight is 347 g/mol. The molecule has 2 amide bonds. The van der Waals surface area contributed by atoms with Gasteiger partial charge in [0.05, 0.1) is 29.0 Å². The summed E-state index contributed by atoms with van der Waals surface area (Å²) in [6.45, 7) is 0.167. The Morgan fingerprint density at radius 3 is 2.70 bits per heavy atom. The summed E-state index contributed by atoms with van der Waals surface area (Å²) >= 11 is 5.96. The summed E-state index contributed by atoms with van der Waals surface area (Å²) in [6.07, 6.45) is -3.01. The van der Waals surface area contributed by atoms with E-state index in [-0.39, 0.29) is 12.2 Å². The number of benzene rings is 1. The lowest BCUT2D eigenvalue weighted by molar-refractivity contribution is -0.137. The fourth-order valence-corrected chi connectivity index (χ4v) is 2.13. The van der Waals surface area contributed by atoms with Crippen molar-refractivity contribution in [3.05, 3.63) is 46.7 Å². The van der Waals surface area contributed by atoms with Crippen LogP contribution >= 0.6 is 11.6 Å². The molecule has 0 aliphatic carbocycles. The van der Waals surface area contributed by atoms with Crippen LogP contribution in [0.25, 0.3) is 0 Å². The Kier molecular flexibility index (Phi) is 4.84. The molecule has 0 saturated heterocycles. The van der Waals surface area contributed by atoms with Crippen molar-refractivity contribution in [3.8, 4) is 0 Å². The quantitative estimate of drug-likeness (QED) is 0.920. The minimum absolute atomic E-state index is 0.0628. The van der Waals surface area contributed by atoms with E-state index in [2.05, 4.69) is 10.4 Å². The number of hydrogen-bond donors (Lipinski definition) is 1. The van der Waals surface area contributed by atoms with Crippen molar-refractivity contribution in [1.82, 2.24) is 14.7 Å². The number of anilines is 1. The van der Waals surface area contributed by atoms with Gasteiger partial charge in [-0.2, -0.15) is 18.3 Å². The van der Waals surface area contributed by atoms with Crippen molar-refractivity contribution >= 4 is 23.3 Å². The molecular weight excluding hydrogens is 333 g/mol. The van der Waals surface area contributed by atoms with Crippen molar-refractivity contribution in [3.63, 3.8) is 0 Å². The topological polar surface area (TPSA) is 50.2 Å². The van der Waals surface area contributed by atoms with Gasteiger partial charge >= 0.3 is 12.2 Å². The third-order valence-corrected chi connectivity index (χ3v) is 3.50. The van der Waals surface area contributed by atoms with E-state index in [0.29, 0.717) is 10.7 Å². The van der Waals surface area contributed by atoms with Crippen molar-refractivity contribution in [1.29, 1.82) is 0 Å². The molecule has 0 unspecified atom stereocenters. The van der Waals surface area contributed by atoms with E-state index in [1.807, 2.05) is 0 Å². The standard InChI is InChI=1S/C14H14ClF3N4O/c1-21(8-12-11(15)7-19-22(12)2)13(23)20-10-5-3-4-9(6-10)14(16,17)18/h3-7H,8H2,1-2H3,(H,20,23). The predicted octanol–water partition coefficient (Wildman–Crippen LogP) is 3.76. The number of nitrogens with zero attached hydrogens (tertiary/aromatic N) is 3. The smallest absolute Gasteiger partial charge is 0.322 e. The first-order valence-electron chi connectivity index (χ1n) is 6.54. The van der Waals surface area contributed by atoms with Crippen LogP contribution in [0.1, 0.15) is 11.3 Å². The Hall–Kier alpha value is -2.22. The molecule has 0 bridgehead atoms. The molecule has 5 nitrogen and oxygen atoms in total. The summed E-state index contributed by atoms with van der Waals surface area (Å²) in [6, 6.07) is 3.88. The predicted molar refractivity (Wildman–Crippen MR) is 80.1 cm³/mol. The number of aromatic nitrogens is 2. The van der Waals surface area contributed by atoms with Crippen LogP contribution in [0, 0.1) is 0 Å². The van der Waals surface area contributed by atoms with Gasteiger partial charge in [0, 0.05) is 19.8 Å². The molecule has 2 aromatic rings. The highest BCUT2D eigenvalue weighted by Crippen LogP contribution is 2.30. The van der Waals surface area contributed by atoms with Crippen LogP contribution in [-0.4, -0.2) is 27.8 Å². The monoisotopic (exact) mass is 346 g/mol. The fraction of sp³-hybridized carbons (Fsp3) is 0.286. The molecule has 0 radical (unpaired) electrons. The van der Waals surface area contributed by atoms with Crippen LogP contribution in [0.15, 0.2) is 30.5 Å². The number of carbonyl (C=O) groups excluding carboxylic acids is 1. The van der Waals surface area contributed by atoms with Crippen LogP contribution in [0.5, 0.6) is 0 Å². The lowest BCUT2D eigenvalue weighted by Gasteiger charge is -2.19. The Labute approximate surface area is 135 Å². The molecule has 0 aliphatic rings. The highest BCUT2D eigenvalue weighted by molar-refractivity contribution is 6.31. The van der Waals surface area contributed by atoms with Gasteiger partial charge in [0.2, 0.25) is 0 Å². The van der Waals surface area contributed by atoms with E-state index in [1.165, 1.54) is 35.0 Å². The van der Waals surface area contributed by atoms with E-state index < -0.39 is 17.8 Å². The van der Waals surface area contributed by atoms with Gasteiger partial charge in [0.1, 0.15) is 0 Å². The fourth-order valence-electron chi connectivity index (χ4n) is 1.90. The number of rotatable bonds is 3. The summed E-state index contributed by atoms with van der Waals surface area (Å²) in [5.74, 6) is 0. The van der Waals surface area contributed by atoms with Gasteiger partial charge in [-0.1, -0.05) is 17.7 Å². The number of nitrogens with one attached hydrogen (secondary N) is 1. The van der Waals surface area contributed by atoms with E-state index in [9.17, 15) is 18.0 Å². The van der Waals surface area contributed by atoms with Gasteiger partial charge < -0.3 is 10.2 Å². The summed E-state index contributed by atoms with van der Waals surface area (Å²) in [5.41, 5.74) is -0.145. The molecule has 0 aliphatic heterocycles. The molecule has 0 atom stereocenters. The second-order valence-corrected chi connectivity index (χ2v) is 5.33. The van der Waals surface area contributed by atoms with E-state index in [4.69, 9.17) is 11.6 Å². The van der Waals surface area contributed by atoms with Gasteiger partial charge in [-0.15, -0.1) is 0 Å². The second kappa shape index (κ2) is 6.49. The molecule has 0 fully saturated rings. The highest BCUT2D eigenvalue weighted by Gasteiger charge is 2.30. The number of urea groups is 1. The van der Waals surface area contributed by atoms with Gasteiger partial charge in [-0.05, 0) is 18.2 Å². The molecule has 9 heteroatoms. The Bertz CT molecular complexity index is 695.